The van der Waals surface area contributed by atoms with Crippen molar-refractivity contribution in [2.24, 2.45) is 5.92 Å². The third-order valence-electron chi connectivity index (χ3n) is 5.10. The Morgan fingerprint density at radius 3 is 2.40 bits per heavy atom. The van der Waals surface area contributed by atoms with Crippen molar-refractivity contribution in [2.75, 3.05) is 13.2 Å². The molecule has 2 aromatic rings. The molecule has 1 saturated heterocycles. The number of hydrogen-bond acceptors (Lipinski definition) is 4. The molecule has 0 bridgehead atoms. The van der Waals surface area contributed by atoms with E-state index in [1.165, 1.54) is 18.2 Å². The van der Waals surface area contributed by atoms with Gasteiger partial charge in [0, 0.05) is 13.1 Å². The molecule has 1 aliphatic heterocycles. The number of aromatic nitrogens is 2. The maximum Gasteiger partial charge on any atom is 0.416 e. The van der Waals surface area contributed by atoms with E-state index in [-0.39, 0.29) is 36.1 Å². The number of nitrogens with zero attached hydrogens (tertiary/aromatic N) is 3. The first-order valence-electron chi connectivity index (χ1n) is 9.71. The molecule has 166 valence electrons. The summed E-state index contributed by atoms with van der Waals surface area (Å²) in [6, 6.07) is 4.52. The van der Waals surface area contributed by atoms with Crippen LogP contribution in [0.2, 0.25) is 0 Å². The molecule has 30 heavy (non-hydrogen) atoms. The molecular formula is C20H26F3N3O3S. The Balaban J connectivity index is 2.05. The maximum absolute atomic E-state index is 13.6. The summed E-state index contributed by atoms with van der Waals surface area (Å²) in [6.07, 6.45) is -4.57. The smallest absolute Gasteiger partial charge is 0.378 e. The van der Waals surface area contributed by atoms with Gasteiger partial charge in [-0.25, -0.2) is 8.42 Å². The highest BCUT2D eigenvalue weighted by molar-refractivity contribution is 7.89. The SMILES string of the molecule is Cc1nn(CC(C)C)c(C)c1S(=O)(=O)N(Cc1ccccc1C(F)(F)F)C1COC1. The van der Waals surface area contributed by atoms with Crippen LogP contribution in [0.5, 0.6) is 0 Å². The Kier molecular flexibility index (Phi) is 6.31. The van der Waals surface area contributed by atoms with Gasteiger partial charge in [0.05, 0.1) is 36.2 Å². The fourth-order valence-electron chi connectivity index (χ4n) is 3.60. The van der Waals surface area contributed by atoms with Crippen molar-refractivity contribution >= 4 is 10.0 Å². The topological polar surface area (TPSA) is 64.4 Å². The fraction of sp³-hybridized carbons (Fsp3) is 0.550. The van der Waals surface area contributed by atoms with Crippen LogP contribution in [-0.2, 0) is 34.0 Å². The van der Waals surface area contributed by atoms with Crippen molar-refractivity contribution in [2.45, 2.75) is 57.9 Å². The first-order valence-corrected chi connectivity index (χ1v) is 11.2. The van der Waals surface area contributed by atoms with E-state index < -0.39 is 27.8 Å². The van der Waals surface area contributed by atoms with Gasteiger partial charge >= 0.3 is 6.18 Å². The molecule has 10 heteroatoms. The highest BCUT2D eigenvalue weighted by Gasteiger charge is 2.41. The third kappa shape index (κ3) is 4.40. The standard InChI is InChI=1S/C20H26F3N3O3S/c1-13(2)9-25-15(4)19(14(3)24-25)30(27,28)26(17-11-29-12-17)10-16-7-5-6-8-18(16)20(21,22)23/h5-8,13,17H,9-12H2,1-4H3. The van der Waals surface area contributed by atoms with Gasteiger partial charge in [-0.1, -0.05) is 32.0 Å². The first-order chi connectivity index (χ1) is 13.9. The lowest BCUT2D eigenvalue weighted by Crippen LogP contribution is -2.51. The van der Waals surface area contributed by atoms with Gasteiger partial charge in [0.1, 0.15) is 4.90 Å². The fourth-order valence-corrected chi connectivity index (χ4v) is 5.55. The van der Waals surface area contributed by atoms with Gasteiger partial charge < -0.3 is 4.74 Å². The second kappa shape index (κ2) is 8.32. The van der Waals surface area contributed by atoms with Crippen molar-refractivity contribution < 1.29 is 26.3 Å². The molecule has 1 aromatic carbocycles. The highest BCUT2D eigenvalue weighted by Crippen LogP contribution is 2.35. The van der Waals surface area contributed by atoms with Crippen LogP contribution in [0.25, 0.3) is 0 Å². The van der Waals surface area contributed by atoms with Crippen LogP contribution >= 0.6 is 0 Å². The Labute approximate surface area is 174 Å². The van der Waals surface area contributed by atoms with E-state index in [9.17, 15) is 21.6 Å². The molecule has 3 rings (SSSR count). The van der Waals surface area contributed by atoms with Crippen LogP contribution < -0.4 is 0 Å². The van der Waals surface area contributed by atoms with E-state index in [4.69, 9.17) is 4.74 Å². The predicted octanol–water partition coefficient (Wildman–Crippen LogP) is 3.76. The quantitative estimate of drug-likeness (QED) is 0.651. The lowest BCUT2D eigenvalue weighted by Gasteiger charge is -2.36. The van der Waals surface area contributed by atoms with Crippen LogP contribution in [-0.4, -0.2) is 41.8 Å². The van der Waals surface area contributed by atoms with E-state index in [0.29, 0.717) is 17.9 Å². The number of alkyl halides is 3. The summed E-state index contributed by atoms with van der Waals surface area (Å²) in [5.74, 6) is 0.258. The van der Waals surface area contributed by atoms with E-state index in [1.54, 1.807) is 18.5 Å². The summed E-state index contributed by atoms with van der Waals surface area (Å²) in [4.78, 5) is 0.0551. The van der Waals surface area contributed by atoms with Gasteiger partial charge in [-0.3, -0.25) is 4.68 Å². The van der Waals surface area contributed by atoms with Crippen LogP contribution in [0.15, 0.2) is 29.2 Å². The molecule has 1 aromatic heterocycles. The summed E-state index contributed by atoms with van der Waals surface area (Å²) in [5, 5.41) is 4.37. The zero-order valence-electron chi connectivity index (χ0n) is 17.4. The lowest BCUT2D eigenvalue weighted by molar-refractivity contribution is -0.138. The van der Waals surface area contributed by atoms with Crippen LogP contribution in [0.1, 0.15) is 36.4 Å². The maximum atomic E-state index is 13.6. The summed E-state index contributed by atoms with van der Waals surface area (Å²) >= 11 is 0. The number of aryl methyl sites for hydroxylation is 1. The Morgan fingerprint density at radius 1 is 1.23 bits per heavy atom. The molecule has 0 spiro atoms. The van der Waals surface area contributed by atoms with Crippen molar-refractivity contribution in [1.82, 2.24) is 14.1 Å². The minimum absolute atomic E-state index is 0.0551. The third-order valence-corrected chi connectivity index (χ3v) is 7.25. The van der Waals surface area contributed by atoms with Gasteiger partial charge in [-0.2, -0.15) is 22.6 Å². The van der Waals surface area contributed by atoms with Crippen molar-refractivity contribution in [3.05, 3.63) is 46.8 Å². The van der Waals surface area contributed by atoms with Gasteiger partial charge in [-0.05, 0) is 31.4 Å². The van der Waals surface area contributed by atoms with Crippen LogP contribution in [0.3, 0.4) is 0 Å². The molecule has 6 nitrogen and oxygen atoms in total. The Morgan fingerprint density at radius 2 is 1.87 bits per heavy atom. The van der Waals surface area contributed by atoms with Crippen molar-refractivity contribution in [3.63, 3.8) is 0 Å². The summed E-state index contributed by atoms with van der Waals surface area (Å²) in [7, 11) is -4.10. The summed E-state index contributed by atoms with van der Waals surface area (Å²) in [6.45, 7) is 7.72. The predicted molar refractivity (Wildman–Crippen MR) is 105 cm³/mol. The summed E-state index contributed by atoms with van der Waals surface area (Å²) < 4.78 is 75.5. The number of benzene rings is 1. The second-order valence-corrected chi connectivity index (χ2v) is 9.80. The van der Waals surface area contributed by atoms with Crippen LogP contribution in [0.4, 0.5) is 13.2 Å². The van der Waals surface area contributed by atoms with Crippen molar-refractivity contribution in [1.29, 1.82) is 0 Å². The van der Waals surface area contributed by atoms with E-state index in [2.05, 4.69) is 5.10 Å². The van der Waals surface area contributed by atoms with Crippen molar-refractivity contribution in [3.8, 4) is 0 Å². The minimum atomic E-state index is -4.57. The molecule has 0 radical (unpaired) electrons. The van der Waals surface area contributed by atoms with E-state index in [1.807, 2.05) is 13.8 Å². The molecular weight excluding hydrogens is 419 g/mol. The first kappa shape index (κ1) is 22.8. The van der Waals surface area contributed by atoms with Gasteiger partial charge in [-0.15, -0.1) is 0 Å². The summed E-state index contributed by atoms with van der Waals surface area (Å²) in [5.41, 5.74) is -0.113. The average molecular weight is 446 g/mol. The highest BCUT2D eigenvalue weighted by atomic mass is 32.2. The molecule has 0 saturated carbocycles. The zero-order chi connectivity index (χ0) is 22.3. The minimum Gasteiger partial charge on any atom is -0.378 e. The molecule has 1 fully saturated rings. The molecule has 2 heterocycles. The molecule has 0 N–H and O–H groups in total. The molecule has 0 unspecified atom stereocenters. The Bertz CT molecular complexity index is 1010. The van der Waals surface area contributed by atoms with Gasteiger partial charge in [0.2, 0.25) is 10.0 Å². The van der Waals surface area contributed by atoms with Gasteiger partial charge in [0.25, 0.3) is 0 Å². The largest absolute Gasteiger partial charge is 0.416 e. The average Bonchev–Trinajstić information content (AvgIpc) is 2.85. The monoisotopic (exact) mass is 445 g/mol. The second-order valence-electron chi connectivity index (χ2n) is 7.97. The van der Waals surface area contributed by atoms with Gasteiger partial charge in [0.15, 0.2) is 0 Å². The van der Waals surface area contributed by atoms with Crippen LogP contribution in [0, 0.1) is 19.8 Å². The normalized spacial score (nSPS) is 15.8. The molecule has 0 aliphatic carbocycles. The molecule has 0 amide bonds. The lowest BCUT2D eigenvalue weighted by atomic mass is 10.1. The number of sulfonamides is 1. The van der Waals surface area contributed by atoms with E-state index in [0.717, 1.165) is 10.4 Å². The zero-order valence-corrected chi connectivity index (χ0v) is 18.2. The number of rotatable bonds is 7. The number of ether oxygens (including phenoxy) is 1. The molecule has 1 aliphatic rings. The number of hydrogen-bond donors (Lipinski definition) is 0. The Hall–Kier alpha value is -1.91. The molecule has 0 atom stereocenters. The number of halogens is 3. The van der Waals surface area contributed by atoms with E-state index >= 15 is 0 Å².